The molecule has 0 aromatic carbocycles. The summed E-state index contributed by atoms with van der Waals surface area (Å²) in [7, 11) is 0. The predicted molar refractivity (Wildman–Crippen MR) is 117 cm³/mol. The standard InChI is InChI=1S/C8H10N2O3.C4H4N2O2.C4H6O.C2H6O.CH4.Na.H2O/c1-6(11)4-5-10-8(13)3-2-7(12)9-10;7-3-1-2-4(8)6-5-3;1-3-4(2)5;1-2-3;;;/h2-3H,4-5H2,1H3,(H,9,12);1-2H,(H,5,7)(H,6,8);3H,1H2,2H3;3H,2H2,1H3;1H4;;1H2/q;;;;;+1;/p-1. The molecule has 0 amide bonds. The molecule has 2 rings (SSSR count). The minimum Gasteiger partial charge on any atom is -0.870 e. The normalized spacial score (nSPS) is 7.88. The van der Waals surface area contributed by atoms with E-state index in [4.69, 9.17) is 5.11 Å². The Labute approximate surface area is 207 Å². The molecule has 0 aliphatic rings. The Bertz CT molecular complexity index is 939. The fraction of sp³-hybridized carbons (Fsp3) is 0.368. The maximum atomic E-state index is 11.1. The van der Waals surface area contributed by atoms with Gasteiger partial charge in [0.15, 0.2) is 5.78 Å². The number of aliphatic hydroxyl groups excluding tert-OH is 1. The Morgan fingerprint density at radius 3 is 1.69 bits per heavy atom. The van der Waals surface area contributed by atoms with Crippen molar-refractivity contribution in [1.82, 2.24) is 20.0 Å². The van der Waals surface area contributed by atoms with Gasteiger partial charge >= 0.3 is 29.6 Å². The number of hydrogen-bond donors (Lipinski definition) is 4. The second-order valence-electron chi connectivity index (χ2n) is 5.19. The summed E-state index contributed by atoms with van der Waals surface area (Å²) in [5, 5.41) is 14.1. The Hall–Kier alpha value is -2.64. The smallest absolute Gasteiger partial charge is 0.870 e. The summed E-state index contributed by atoms with van der Waals surface area (Å²) >= 11 is 0. The van der Waals surface area contributed by atoms with Crippen LogP contribution in [0.4, 0.5) is 0 Å². The monoisotopic (exact) mass is 466 g/mol. The number of aromatic amines is 3. The number of rotatable bonds is 4. The van der Waals surface area contributed by atoms with Gasteiger partial charge < -0.3 is 10.6 Å². The van der Waals surface area contributed by atoms with Crippen LogP contribution in [0.15, 0.2) is 56.1 Å². The molecule has 0 radical (unpaired) electrons. The van der Waals surface area contributed by atoms with E-state index in [0.717, 1.165) is 10.7 Å². The van der Waals surface area contributed by atoms with Crippen LogP contribution in [0.25, 0.3) is 0 Å². The van der Waals surface area contributed by atoms with Crippen LogP contribution < -0.4 is 51.8 Å². The van der Waals surface area contributed by atoms with Crippen molar-refractivity contribution in [2.45, 2.75) is 41.2 Å². The zero-order chi connectivity index (χ0) is 22.8. The van der Waals surface area contributed by atoms with Gasteiger partial charge in [-0.1, -0.05) is 14.0 Å². The number of Topliss-reactive ketones (excluding diaryl/α,β-unsaturated/α-hetero) is 1. The van der Waals surface area contributed by atoms with Gasteiger partial charge in [0.05, 0.1) is 0 Å². The van der Waals surface area contributed by atoms with Gasteiger partial charge in [0.25, 0.3) is 22.2 Å². The van der Waals surface area contributed by atoms with Crippen LogP contribution in [0.5, 0.6) is 0 Å². The van der Waals surface area contributed by atoms with Gasteiger partial charge in [-0.25, -0.2) is 4.68 Å². The topological polar surface area (TPSA) is 205 Å². The van der Waals surface area contributed by atoms with Gasteiger partial charge in [-0.3, -0.25) is 44.1 Å². The Balaban J connectivity index is -0.000000111. The van der Waals surface area contributed by atoms with Crippen LogP contribution in [-0.4, -0.2) is 48.7 Å². The van der Waals surface area contributed by atoms with Crippen molar-refractivity contribution in [3.8, 4) is 0 Å². The first-order valence-corrected chi connectivity index (χ1v) is 8.38. The van der Waals surface area contributed by atoms with Gasteiger partial charge in [0, 0.05) is 43.8 Å². The van der Waals surface area contributed by atoms with Gasteiger partial charge in [0.2, 0.25) is 0 Å². The molecule has 0 atom stereocenters. The van der Waals surface area contributed by atoms with Gasteiger partial charge in [-0.05, 0) is 26.8 Å². The van der Waals surface area contributed by atoms with Crippen LogP contribution in [0.1, 0.15) is 34.6 Å². The number of hydrogen-bond acceptors (Lipinski definition) is 8. The van der Waals surface area contributed by atoms with E-state index in [9.17, 15) is 28.8 Å². The molecule has 0 unspecified atom stereocenters. The third kappa shape index (κ3) is 25.4. The predicted octanol–water partition coefficient (Wildman–Crippen LogP) is -3.20. The fourth-order valence-electron chi connectivity index (χ4n) is 1.26. The largest absolute Gasteiger partial charge is 1.00 e. The number of carbonyl (C=O) groups excluding carboxylic acids is 2. The average molecular weight is 466 g/mol. The van der Waals surface area contributed by atoms with Gasteiger partial charge in [-0.15, -0.1) is 0 Å². The van der Waals surface area contributed by atoms with Crippen molar-refractivity contribution in [3.63, 3.8) is 0 Å². The van der Waals surface area contributed by atoms with Crippen LogP contribution >= 0.6 is 0 Å². The van der Waals surface area contributed by atoms with Crippen LogP contribution in [0, 0.1) is 0 Å². The van der Waals surface area contributed by atoms with E-state index in [1.165, 1.54) is 38.1 Å². The molecule has 13 heteroatoms. The van der Waals surface area contributed by atoms with Crippen molar-refractivity contribution in [1.29, 1.82) is 0 Å². The maximum absolute atomic E-state index is 11.1. The minimum atomic E-state index is -0.344. The second-order valence-corrected chi connectivity index (χ2v) is 5.19. The molecule has 2 aromatic heterocycles. The van der Waals surface area contributed by atoms with Crippen LogP contribution in [0.2, 0.25) is 0 Å². The van der Waals surface area contributed by atoms with Crippen molar-refractivity contribution in [3.05, 3.63) is 78.3 Å². The van der Waals surface area contributed by atoms with E-state index in [0.29, 0.717) is 0 Å². The molecule has 32 heavy (non-hydrogen) atoms. The first kappa shape index (κ1) is 39.8. The van der Waals surface area contributed by atoms with E-state index in [1.54, 1.807) is 6.92 Å². The zero-order valence-electron chi connectivity index (χ0n) is 18.0. The minimum absolute atomic E-state index is 0. The number of nitrogens with zero attached hydrogens (tertiary/aromatic N) is 1. The van der Waals surface area contributed by atoms with Crippen molar-refractivity contribution in [2.75, 3.05) is 6.61 Å². The number of aromatic nitrogens is 4. The summed E-state index contributed by atoms with van der Waals surface area (Å²) in [6, 6.07) is 4.67. The maximum Gasteiger partial charge on any atom is 1.00 e. The zero-order valence-corrected chi connectivity index (χ0v) is 20.0. The van der Waals surface area contributed by atoms with E-state index in [2.05, 4.69) is 21.9 Å². The van der Waals surface area contributed by atoms with Crippen molar-refractivity contribution in [2.24, 2.45) is 0 Å². The molecule has 0 saturated carbocycles. The van der Waals surface area contributed by atoms with E-state index >= 15 is 0 Å². The number of H-pyrrole nitrogens is 3. The molecule has 12 nitrogen and oxygen atoms in total. The van der Waals surface area contributed by atoms with Crippen molar-refractivity contribution >= 4 is 11.6 Å². The summed E-state index contributed by atoms with van der Waals surface area (Å²) in [6.07, 6.45) is 1.53. The molecule has 0 aliphatic carbocycles. The third-order valence-electron chi connectivity index (χ3n) is 2.56. The van der Waals surface area contributed by atoms with E-state index in [-0.39, 0.29) is 95.8 Å². The summed E-state index contributed by atoms with van der Waals surface area (Å²) in [5.41, 5.74) is -1.25. The molecule has 0 aliphatic heterocycles. The summed E-state index contributed by atoms with van der Waals surface area (Å²) in [5.74, 6) is 0.00148. The molecule has 2 aromatic rings. The van der Waals surface area contributed by atoms with Gasteiger partial charge in [0.1, 0.15) is 5.78 Å². The van der Waals surface area contributed by atoms with Crippen LogP contribution in [0.3, 0.4) is 0 Å². The quantitative estimate of drug-likeness (QED) is 0.266. The molecule has 0 fully saturated rings. The molecule has 176 valence electrons. The number of nitrogens with one attached hydrogen (secondary N) is 3. The number of carbonyl (C=O) groups is 2. The molecular formula is C19H31N4NaO8. The van der Waals surface area contributed by atoms with Gasteiger partial charge in [-0.2, -0.15) is 0 Å². The summed E-state index contributed by atoms with van der Waals surface area (Å²) < 4.78 is 1.13. The summed E-state index contributed by atoms with van der Waals surface area (Å²) in [6.45, 7) is 8.27. The molecule has 2 heterocycles. The Kier molecular flexibility index (Phi) is 30.6. The SMILES string of the molecule is C.C=CC(C)=O.CC(=O)CCn1[nH]c(=O)ccc1=O.CCO.O=c1ccc(=O)[nH][nH]1.[Na+].[OH-]. The first-order valence-electron chi connectivity index (χ1n) is 8.38. The number of ketones is 2. The molecule has 0 spiro atoms. The third-order valence-corrected chi connectivity index (χ3v) is 2.56. The average Bonchev–Trinajstić information content (AvgIpc) is 2.66. The molecule has 5 N–H and O–H groups in total. The molecule has 0 bridgehead atoms. The Morgan fingerprint density at radius 1 is 1.00 bits per heavy atom. The number of allylic oxidation sites excluding steroid dienone is 1. The molecule has 0 saturated heterocycles. The molecular weight excluding hydrogens is 435 g/mol. The first-order chi connectivity index (χ1) is 13.6. The van der Waals surface area contributed by atoms with Crippen molar-refractivity contribution < 1.29 is 49.7 Å². The Morgan fingerprint density at radius 2 is 1.38 bits per heavy atom. The number of aliphatic hydroxyl groups is 1. The fourth-order valence-corrected chi connectivity index (χ4v) is 1.26. The summed E-state index contributed by atoms with van der Waals surface area (Å²) in [4.78, 5) is 62.5. The second kappa shape index (κ2) is 24.6. The van der Waals surface area contributed by atoms with Crippen LogP contribution in [-0.2, 0) is 16.1 Å². The number of aryl methyl sites for hydroxylation is 1. The van der Waals surface area contributed by atoms with E-state index in [1.807, 2.05) is 0 Å². The van der Waals surface area contributed by atoms with E-state index < -0.39 is 0 Å².